The maximum absolute atomic E-state index is 12.0. The Morgan fingerprint density at radius 3 is 2.81 bits per heavy atom. The zero-order chi connectivity index (χ0) is 15.6. The van der Waals surface area contributed by atoms with Crippen LogP contribution in [-0.2, 0) is 4.79 Å². The van der Waals surface area contributed by atoms with Gasteiger partial charge < -0.3 is 15.2 Å². The number of ether oxygens (including phenoxy) is 1. The highest BCUT2D eigenvalue weighted by atomic mass is 16.5. The SMILES string of the molecule is CCC(O)c1cc(C)cc2c1OCCC2NC(=O)C(C)C. The number of benzene rings is 1. The van der Waals surface area contributed by atoms with Crippen molar-refractivity contribution < 1.29 is 14.6 Å². The highest BCUT2D eigenvalue weighted by molar-refractivity contribution is 5.78. The first-order valence-electron chi connectivity index (χ1n) is 7.69. The molecule has 1 aliphatic heterocycles. The molecule has 0 spiro atoms. The molecular formula is C17H25NO3. The maximum atomic E-state index is 12.0. The topological polar surface area (TPSA) is 58.6 Å². The number of carbonyl (C=O) groups excluding carboxylic acids is 1. The van der Waals surface area contributed by atoms with E-state index < -0.39 is 6.10 Å². The number of fused-ring (bicyclic) bond motifs is 1. The zero-order valence-corrected chi connectivity index (χ0v) is 13.3. The van der Waals surface area contributed by atoms with Crippen LogP contribution in [0.3, 0.4) is 0 Å². The molecule has 21 heavy (non-hydrogen) atoms. The third-order valence-corrected chi connectivity index (χ3v) is 3.91. The van der Waals surface area contributed by atoms with Gasteiger partial charge in [-0.05, 0) is 19.4 Å². The zero-order valence-electron chi connectivity index (χ0n) is 13.3. The summed E-state index contributed by atoms with van der Waals surface area (Å²) < 4.78 is 5.79. The van der Waals surface area contributed by atoms with Gasteiger partial charge in [-0.2, -0.15) is 0 Å². The van der Waals surface area contributed by atoms with Crippen molar-refractivity contribution in [3.05, 3.63) is 28.8 Å². The smallest absolute Gasteiger partial charge is 0.223 e. The molecule has 0 aliphatic carbocycles. The van der Waals surface area contributed by atoms with Crippen LogP contribution >= 0.6 is 0 Å². The molecule has 1 aromatic rings. The van der Waals surface area contributed by atoms with E-state index in [0.29, 0.717) is 13.0 Å². The second kappa shape index (κ2) is 6.48. The van der Waals surface area contributed by atoms with E-state index >= 15 is 0 Å². The van der Waals surface area contributed by atoms with Gasteiger partial charge in [-0.3, -0.25) is 4.79 Å². The molecule has 1 heterocycles. The van der Waals surface area contributed by atoms with Gasteiger partial charge in [0.2, 0.25) is 5.91 Å². The van der Waals surface area contributed by atoms with Gasteiger partial charge in [0.1, 0.15) is 5.75 Å². The number of nitrogens with one attached hydrogen (secondary N) is 1. The molecule has 0 fully saturated rings. The number of rotatable bonds is 4. The molecule has 0 radical (unpaired) electrons. The van der Waals surface area contributed by atoms with Gasteiger partial charge in [-0.25, -0.2) is 0 Å². The summed E-state index contributed by atoms with van der Waals surface area (Å²) in [5, 5.41) is 13.3. The Morgan fingerprint density at radius 2 is 2.19 bits per heavy atom. The number of aliphatic hydroxyl groups excluding tert-OH is 1. The summed E-state index contributed by atoms with van der Waals surface area (Å²) >= 11 is 0. The molecule has 1 aromatic carbocycles. The number of hydrogen-bond acceptors (Lipinski definition) is 3. The minimum Gasteiger partial charge on any atom is -0.493 e. The fraction of sp³-hybridized carbons (Fsp3) is 0.588. The van der Waals surface area contributed by atoms with E-state index in [2.05, 4.69) is 5.32 Å². The van der Waals surface area contributed by atoms with E-state index in [-0.39, 0.29) is 17.9 Å². The summed E-state index contributed by atoms with van der Waals surface area (Å²) in [4.78, 5) is 12.0. The molecule has 2 N–H and O–H groups in total. The van der Waals surface area contributed by atoms with Crippen LogP contribution in [0.1, 0.15) is 62.4 Å². The van der Waals surface area contributed by atoms with Crippen LogP contribution in [0, 0.1) is 12.8 Å². The molecule has 4 heteroatoms. The Kier molecular flexibility index (Phi) is 4.88. The molecule has 2 atom stereocenters. The summed E-state index contributed by atoms with van der Waals surface area (Å²) in [7, 11) is 0. The molecule has 0 saturated heterocycles. The standard InChI is InChI=1S/C17H25NO3/c1-5-15(19)13-9-11(4)8-12-14(6-7-21-16(12)13)18-17(20)10(2)3/h8-10,14-15,19H,5-7H2,1-4H3,(H,18,20). The van der Waals surface area contributed by atoms with Gasteiger partial charge in [-0.15, -0.1) is 0 Å². The predicted octanol–water partition coefficient (Wildman–Crippen LogP) is 3.03. The van der Waals surface area contributed by atoms with E-state index in [1.807, 2.05) is 39.8 Å². The van der Waals surface area contributed by atoms with Crippen molar-refractivity contribution in [3.8, 4) is 5.75 Å². The highest BCUT2D eigenvalue weighted by Gasteiger charge is 2.27. The molecule has 116 valence electrons. The molecule has 0 saturated carbocycles. The number of aryl methyl sites for hydroxylation is 1. The van der Waals surface area contributed by atoms with Crippen molar-refractivity contribution in [2.75, 3.05) is 6.61 Å². The number of hydrogen-bond donors (Lipinski definition) is 2. The number of amides is 1. The second-order valence-electron chi connectivity index (χ2n) is 6.05. The minimum atomic E-state index is -0.529. The lowest BCUT2D eigenvalue weighted by Crippen LogP contribution is -2.35. The molecule has 2 unspecified atom stereocenters. The Labute approximate surface area is 126 Å². The van der Waals surface area contributed by atoms with Crippen LogP contribution in [0.2, 0.25) is 0 Å². The van der Waals surface area contributed by atoms with E-state index in [0.717, 1.165) is 28.9 Å². The van der Waals surface area contributed by atoms with Crippen LogP contribution < -0.4 is 10.1 Å². The summed E-state index contributed by atoms with van der Waals surface area (Å²) in [6, 6.07) is 3.98. The van der Waals surface area contributed by atoms with E-state index in [1.54, 1.807) is 0 Å². The molecule has 2 rings (SSSR count). The van der Waals surface area contributed by atoms with Crippen molar-refractivity contribution in [1.82, 2.24) is 5.32 Å². The Bertz CT molecular complexity index is 525. The van der Waals surface area contributed by atoms with Crippen LogP contribution in [0.5, 0.6) is 5.75 Å². The Balaban J connectivity index is 2.38. The van der Waals surface area contributed by atoms with Crippen molar-refractivity contribution in [2.24, 2.45) is 5.92 Å². The van der Waals surface area contributed by atoms with Gasteiger partial charge >= 0.3 is 0 Å². The third-order valence-electron chi connectivity index (χ3n) is 3.91. The summed E-state index contributed by atoms with van der Waals surface area (Å²) in [5.41, 5.74) is 2.89. The first-order chi connectivity index (χ1) is 9.93. The minimum absolute atomic E-state index is 0.0358. The lowest BCUT2D eigenvalue weighted by Gasteiger charge is -2.30. The molecule has 0 aromatic heterocycles. The predicted molar refractivity (Wildman–Crippen MR) is 82.3 cm³/mol. The average Bonchev–Trinajstić information content (AvgIpc) is 2.46. The van der Waals surface area contributed by atoms with Crippen molar-refractivity contribution in [2.45, 2.75) is 52.7 Å². The average molecular weight is 291 g/mol. The van der Waals surface area contributed by atoms with Crippen LogP contribution in [0.25, 0.3) is 0 Å². The monoisotopic (exact) mass is 291 g/mol. The highest BCUT2D eigenvalue weighted by Crippen LogP contribution is 2.39. The maximum Gasteiger partial charge on any atom is 0.223 e. The van der Waals surface area contributed by atoms with E-state index in [4.69, 9.17) is 4.74 Å². The summed E-state index contributed by atoms with van der Waals surface area (Å²) in [5.74, 6) is 0.754. The van der Waals surface area contributed by atoms with Crippen LogP contribution in [0.15, 0.2) is 12.1 Å². The van der Waals surface area contributed by atoms with Gasteiger partial charge in [0.25, 0.3) is 0 Å². The van der Waals surface area contributed by atoms with Gasteiger partial charge in [0.15, 0.2) is 0 Å². The molecular weight excluding hydrogens is 266 g/mol. The van der Waals surface area contributed by atoms with Crippen molar-refractivity contribution in [1.29, 1.82) is 0 Å². The third kappa shape index (κ3) is 3.38. The number of aliphatic hydroxyl groups is 1. The largest absolute Gasteiger partial charge is 0.493 e. The fourth-order valence-corrected chi connectivity index (χ4v) is 2.65. The Hall–Kier alpha value is -1.55. The van der Waals surface area contributed by atoms with E-state index in [1.165, 1.54) is 0 Å². The molecule has 0 bridgehead atoms. The van der Waals surface area contributed by atoms with Crippen molar-refractivity contribution >= 4 is 5.91 Å². The lowest BCUT2D eigenvalue weighted by atomic mass is 9.92. The second-order valence-corrected chi connectivity index (χ2v) is 6.05. The molecule has 1 aliphatic rings. The van der Waals surface area contributed by atoms with Gasteiger partial charge in [0, 0.05) is 23.5 Å². The number of carbonyl (C=O) groups is 1. The fourth-order valence-electron chi connectivity index (χ4n) is 2.65. The normalized spacial score (nSPS) is 18.9. The quantitative estimate of drug-likeness (QED) is 0.896. The van der Waals surface area contributed by atoms with Gasteiger partial charge in [0.05, 0.1) is 18.8 Å². The van der Waals surface area contributed by atoms with Crippen LogP contribution in [0.4, 0.5) is 0 Å². The summed E-state index contributed by atoms with van der Waals surface area (Å²) in [6.07, 6.45) is 0.872. The molecule has 4 nitrogen and oxygen atoms in total. The van der Waals surface area contributed by atoms with Crippen molar-refractivity contribution in [3.63, 3.8) is 0 Å². The van der Waals surface area contributed by atoms with Crippen LogP contribution in [-0.4, -0.2) is 17.6 Å². The first kappa shape index (κ1) is 15.8. The Morgan fingerprint density at radius 1 is 1.48 bits per heavy atom. The first-order valence-corrected chi connectivity index (χ1v) is 7.69. The van der Waals surface area contributed by atoms with E-state index in [9.17, 15) is 9.90 Å². The summed E-state index contributed by atoms with van der Waals surface area (Å²) in [6.45, 7) is 8.28. The molecule has 1 amide bonds. The van der Waals surface area contributed by atoms with Gasteiger partial charge in [-0.1, -0.05) is 32.4 Å². The lowest BCUT2D eigenvalue weighted by molar-refractivity contribution is -0.124.